The maximum atomic E-state index is 12.2. The summed E-state index contributed by atoms with van der Waals surface area (Å²) in [4.78, 5) is 16.4. The first-order chi connectivity index (χ1) is 13.2. The largest absolute Gasteiger partial charge is 0.444 e. The average Bonchev–Trinajstić information content (AvgIpc) is 2.65. The zero-order valence-electron chi connectivity index (χ0n) is 18.1. The van der Waals surface area contributed by atoms with Gasteiger partial charge in [0.15, 0.2) is 0 Å². The van der Waals surface area contributed by atoms with Gasteiger partial charge in [0.1, 0.15) is 5.60 Å². The number of carbonyl (C=O) groups excluding carboxylic acids is 1. The van der Waals surface area contributed by atoms with E-state index in [1.807, 2.05) is 39.0 Å². The summed E-state index contributed by atoms with van der Waals surface area (Å²) in [6.45, 7) is 14.0. The number of hydrogen-bond acceptors (Lipinski definition) is 4. The van der Waals surface area contributed by atoms with Crippen molar-refractivity contribution in [2.45, 2.75) is 58.5 Å². The fraction of sp³-hybridized carbons (Fsp3) is 0.652. The molecular formula is C23H35N3O2. The van der Waals surface area contributed by atoms with Crippen LogP contribution in [0.15, 0.2) is 30.3 Å². The van der Waals surface area contributed by atoms with Crippen LogP contribution < -0.4 is 0 Å². The molecule has 0 N–H and O–H groups in total. The molecule has 0 spiro atoms. The first-order valence-corrected chi connectivity index (χ1v) is 10.3. The van der Waals surface area contributed by atoms with Gasteiger partial charge < -0.3 is 9.64 Å². The number of hydrogen-bond donors (Lipinski definition) is 0. The summed E-state index contributed by atoms with van der Waals surface area (Å²) in [7, 11) is 0. The lowest BCUT2D eigenvalue weighted by Gasteiger charge is -2.36. The molecule has 0 aromatic heterocycles. The monoisotopic (exact) mass is 385 g/mol. The minimum Gasteiger partial charge on any atom is -0.444 e. The van der Waals surface area contributed by atoms with E-state index in [2.05, 4.69) is 36.9 Å². The van der Waals surface area contributed by atoms with E-state index in [4.69, 9.17) is 4.74 Å². The highest BCUT2D eigenvalue weighted by atomic mass is 16.6. The fourth-order valence-electron chi connectivity index (χ4n) is 3.81. The van der Waals surface area contributed by atoms with E-state index in [9.17, 15) is 10.1 Å². The Morgan fingerprint density at radius 1 is 1.14 bits per heavy atom. The molecule has 1 aliphatic heterocycles. The molecule has 1 fully saturated rings. The summed E-state index contributed by atoms with van der Waals surface area (Å²) in [5, 5.41) is 10.0. The molecule has 0 radical (unpaired) electrons. The molecule has 1 aromatic rings. The van der Waals surface area contributed by atoms with Crippen molar-refractivity contribution in [2.75, 3.05) is 32.7 Å². The molecule has 1 saturated heterocycles. The van der Waals surface area contributed by atoms with E-state index in [1.165, 1.54) is 0 Å². The topological polar surface area (TPSA) is 56.6 Å². The second-order valence-corrected chi connectivity index (χ2v) is 9.02. The standard InChI is InChI=1S/C23H35N3O2/c1-19(2)23(18-24,20-10-7-6-8-11-20)12-9-13-25-14-16-26(17-15-25)21(27)28-22(3,4)5/h6-8,10-11,19H,9,12-17H2,1-5H3. The Morgan fingerprint density at radius 2 is 1.75 bits per heavy atom. The Morgan fingerprint density at radius 3 is 2.25 bits per heavy atom. The van der Waals surface area contributed by atoms with E-state index in [1.54, 1.807) is 4.90 Å². The minimum atomic E-state index is -0.455. The van der Waals surface area contributed by atoms with Crippen LogP contribution >= 0.6 is 0 Å². The second kappa shape index (κ2) is 9.43. The first kappa shape index (κ1) is 22.2. The lowest BCUT2D eigenvalue weighted by atomic mass is 9.70. The Labute approximate surface area is 170 Å². The van der Waals surface area contributed by atoms with Gasteiger partial charge in [-0.05, 0) is 51.6 Å². The van der Waals surface area contributed by atoms with Crippen LogP contribution in [0.25, 0.3) is 0 Å². The van der Waals surface area contributed by atoms with Gasteiger partial charge >= 0.3 is 6.09 Å². The smallest absolute Gasteiger partial charge is 0.410 e. The van der Waals surface area contributed by atoms with E-state index in [0.29, 0.717) is 13.1 Å². The molecule has 5 nitrogen and oxygen atoms in total. The highest BCUT2D eigenvalue weighted by molar-refractivity contribution is 5.68. The molecule has 1 aliphatic rings. The summed E-state index contributed by atoms with van der Waals surface area (Å²) in [5.41, 5.74) is 0.213. The Bertz CT molecular complexity index is 667. The maximum Gasteiger partial charge on any atom is 0.410 e. The highest BCUT2D eigenvalue weighted by Crippen LogP contribution is 2.36. The van der Waals surface area contributed by atoms with Gasteiger partial charge in [0, 0.05) is 26.2 Å². The molecule has 28 heavy (non-hydrogen) atoms. The molecule has 0 saturated carbocycles. The van der Waals surface area contributed by atoms with E-state index >= 15 is 0 Å². The Kier molecular flexibility index (Phi) is 7.48. The van der Waals surface area contributed by atoms with E-state index in [0.717, 1.165) is 38.0 Å². The van der Waals surface area contributed by atoms with Gasteiger partial charge in [-0.1, -0.05) is 44.2 Å². The molecule has 1 unspecified atom stereocenters. The van der Waals surface area contributed by atoms with Crippen LogP contribution in [0.5, 0.6) is 0 Å². The second-order valence-electron chi connectivity index (χ2n) is 9.02. The Balaban J connectivity index is 1.86. The van der Waals surface area contributed by atoms with Crippen LogP contribution in [0.4, 0.5) is 4.79 Å². The normalized spacial score (nSPS) is 17.8. The molecule has 154 valence electrons. The molecule has 0 bridgehead atoms. The highest BCUT2D eigenvalue weighted by Gasteiger charge is 2.35. The predicted octanol–water partition coefficient (Wildman–Crippen LogP) is 4.44. The Hall–Kier alpha value is -2.06. The van der Waals surface area contributed by atoms with Gasteiger partial charge in [-0.25, -0.2) is 4.79 Å². The van der Waals surface area contributed by atoms with Crippen molar-refractivity contribution in [2.24, 2.45) is 5.92 Å². The van der Waals surface area contributed by atoms with E-state index in [-0.39, 0.29) is 12.0 Å². The number of benzene rings is 1. The number of piperazine rings is 1. The van der Waals surface area contributed by atoms with Crippen LogP contribution in [-0.4, -0.2) is 54.2 Å². The lowest BCUT2D eigenvalue weighted by molar-refractivity contribution is 0.0143. The van der Waals surface area contributed by atoms with Gasteiger partial charge in [-0.15, -0.1) is 0 Å². The number of nitriles is 1. The van der Waals surface area contributed by atoms with Gasteiger partial charge in [0.25, 0.3) is 0 Å². The third kappa shape index (κ3) is 5.72. The van der Waals surface area contributed by atoms with Crippen LogP contribution in [0.3, 0.4) is 0 Å². The summed E-state index contributed by atoms with van der Waals surface area (Å²) in [5.74, 6) is 0.254. The molecular weight excluding hydrogens is 350 g/mol. The van der Waals surface area contributed by atoms with Crippen molar-refractivity contribution in [3.05, 3.63) is 35.9 Å². The van der Waals surface area contributed by atoms with Crippen molar-refractivity contribution >= 4 is 6.09 Å². The van der Waals surface area contributed by atoms with Crippen molar-refractivity contribution in [1.82, 2.24) is 9.80 Å². The van der Waals surface area contributed by atoms with Gasteiger partial charge in [0.05, 0.1) is 11.5 Å². The van der Waals surface area contributed by atoms with Crippen molar-refractivity contribution in [3.63, 3.8) is 0 Å². The number of ether oxygens (including phenoxy) is 1. The van der Waals surface area contributed by atoms with Crippen molar-refractivity contribution in [3.8, 4) is 6.07 Å². The zero-order chi connectivity index (χ0) is 20.8. The number of nitrogens with zero attached hydrogens (tertiary/aromatic N) is 3. The van der Waals surface area contributed by atoms with Gasteiger partial charge in [0.2, 0.25) is 0 Å². The quantitative estimate of drug-likeness (QED) is 0.726. The molecule has 5 heteroatoms. The zero-order valence-corrected chi connectivity index (χ0v) is 18.1. The number of carbonyl (C=O) groups is 1. The van der Waals surface area contributed by atoms with Gasteiger partial charge in [-0.3, -0.25) is 4.90 Å². The molecule has 1 atom stereocenters. The maximum absolute atomic E-state index is 12.2. The first-order valence-electron chi connectivity index (χ1n) is 10.3. The van der Waals surface area contributed by atoms with Crippen molar-refractivity contribution < 1.29 is 9.53 Å². The van der Waals surface area contributed by atoms with Crippen LogP contribution in [0.2, 0.25) is 0 Å². The van der Waals surface area contributed by atoms with Crippen molar-refractivity contribution in [1.29, 1.82) is 5.26 Å². The summed E-state index contributed by atoms with van der Waals surface area (Å²) >= 11 is 0. The van der Waals surface area contributed by atoms with Gasteiger partial charge in [-0.2, -0.15) is 5.26 Å². The molecule has 1 aromatic carbocycles. The molecule has 1 amide bonds. The van der Waals surface area contributed by atoms with Crippen LogP contribution in [-0.2, 0) is 10.2 Å². The lowest BCUT2D eigenvalue weighted by Crippen LogP contribution is -2.50. The minimum absolute atomic E-state index is 0.223. The predicted molar refractivity (Wildman–Crippen MR) is 112 cm³/mol. The molecule has 2 rings (SSSR count). The van der Waals surface area contributed by atoms with E-state index < -0.39 is 11.0 Å². The SMILES string of the molecule is CC(C)C(C#N)(CCCN1CCN(C(=O)OC(C)(C)C)CC1)c1ccccc1. The number of amides is 1. The molecule has 1 heterocycles. The van der Waals surface area contributed by atoms with Crippen LogP contribution in [0.1, 0.15) is 53.0 Å². The molecule has 0 aliphatic carbocycles. The summed E-state index contributed by atoms with van der Waals surface area (Å²) in [6.07, 6.45) is 1.59. The number of rotatable bonds is 6. The third-order valence-electron chi connectivity index (χ3n) is 5.54. The summed E-state index contributed by atoms with van der Waals surface area (Å²) in [6, 6.07) is 12.8. The average molecular weight is 386 g/mol. The third-order valence-corrected chi connectivity index (χ3v) is 5.54. The van der Waals surface area contributed by atoms with Crippen LogP contribution in [0, 0.1) is 17.2 Å². The fourth-order valence-corrected chi connectivity index (χ4v) is 3.81. The summed E-state index contributed by atoms with van der Waals surface area (Å²) < 4.78 is 5.46.